The lowest BCUT2D eigenvalue weighted by Crippen LogP contribution is -2.23. The highest BCUT2D eigenvalue weighted by atomic mass is 35.5. The Morgan fingerprint density at radius 2 is 2.44 bits per heavy atom. The van der Waals surface area contributed by atoms with Crippen LogP contribution in [0.15, 0.2) is 18.3 Å². The third-order valence-corrected chi connectivity index (χ3v) is 2.43. The van der Waals surface area contributed by atoms with Crippen LogP contribution in [-0.2, 0) is 9.53 Å². The summed E-state index contributed by atoms with van der Waals surface area (Å²) < 4.78 is 4.54. The SMILES string of the molecule is COC(=O)CCNC(C)c1cc(Cl)ccn1. The van der Waals surface area contributed by atoms with Gasteiger partial charge in [-0.1, -0.05) is 11.6 Å². The monoisotopic (exact) mass is 242 g/mol. The number of aromatic nitrogens is 1. The molecule has 0 bridgehead atoms. The fraction of sp³-hybridized carbons (Fsp3) is 0.455. The average Bonchev–Trinajstić information content (AvgIpc) is 2.28. The van der Waals surface area contributed by atoms with Crippen molar-refractivity contribution in [3.05, 3.63) is 29.0 Å². The molecule has 0 aliphatic rings. The van der Waals surface area contributed by atoms with E-state index in [1.807, 2.05) is 6.92 Å². The molecule has 1 aromatic rings. The molecule has 5 heteroatoms. The van der Waals surface area contributed by atoms with Crippen LogP contribution >= 0.6 is 11.6 Å². The Hall–Kier alpha value is -1.13. The van der Waals surface area contributed by atoms with Gasteiger partial charge in [0.1, 0.15) is 0 Å². The Bertz CT molecular complexity index is 358. The zero-order valence-corrected chi connectivity index (χ0v) is 10.1. The molecule has 0 radical (unpaired) electrons. The number of hydrogen-bond acceptors (Lipinski definition) is 4. The number of hydrogen-bond donors (Lipinski definition) is 1. The summed E-state index contributed by atoms with van der Waals surface area (Å²) in [5.41, 5.74) is 0.859. The maximum atomic E-state index is 10.9. The minimum Gasteiger partial charge on any atom is -0.469 e. The smallest absolute Gasteiger partial charge is 0.306 e. The van der Waals surface area contributed by atoms with E-state index in [2.05, 4.69) is 15.0 Å². The summed E-state index contributed by atoms with van der Waals surface area (Å²) in [4.78, 5) is 15.1. The molecule has 16 heavy (non-hydrogen) atoms. The van der Waals surface area contributed by atoms with Crippen LogP contribution in [0.5, 0.6) is 0 Å². The molecule has 0 amide bonds. The highest BCUT2D eigenvalue weighted by Crippen LogP contribution is 2.14. The van der Waals surface area contributed by atoms with E-state index in [-0.39, 0.29) is 12.0 Å². The van der Waals surface area contributed by atoms with Crippen LogP contribution in [0, 0.1) is 0 Å². The van der Waals surface area contributed by atoms with Crippen LogP contribution in [0.4, 0.5) is 0 Å². The fourth-order valence-corrected chi connectivity index (χ4v) is 1.42. The van der Waals surface area contributed by atoms with Crippen LogP contribution in [0.2, 0.25) is 5.02 Å². The molecule has 0 aromatic carbocycles. The minimum atomic E-state index is -0.223. The summed E-state index contributed by atoms with van der Waals surface area (Å²) >= 11 is 5.85. The van der Waals surface area contributed by atoms with Gasteiger partial charge in [-0.25, -0.2) is 0 Å². The van der Waals surface area contributed by atoms with E-state index in [9.17, 15) is 4.79 Å². The van der Waals surface area contributed by atoms with Crippen molar-refractivity contribution in [3.8, 4) is 0 Å². The zero-order valence-electron chi connectivity index (χ0n) is 9.37. The molecule has 0 aliphatic carbocycles. The number of ether oxygens (including phenoxy) is 1. The molecule has 0 spiro atoms. The van der Waals surface area contributed by atoms with Crippen LogP contribution in [0.3, 0.4) is 0 Å². The lowest BCUT2D eigenvalue weighted by molar-refractivity contribution is -0.140. The predicted octanol–water partition coefficient (Wildman–Crippen LogP) is 1.95. The summed E-state index contributed by atoms with van der Waals surface area (Å²) in [6.45, 7) is 2.53. The quantitative estimate of drug-likeness (QED) is 0.802. The van der Waals surface area contributed by atoms with Gasteiger partial charge in [0.15, 0.2) is 0 Å². The Morgan fingerprint density at radius 1 is 1.69 bits per heavy atom. The Labute approximate surface area is 100.0 Å². The molecule has 1 rings (SSSR count). The van der Waals surface area contributed by atoms with Crippen LogP contribution < -0.4 is 5.32 Å². The first-order chi connectivity index (χ1) is 7.63. The molecule has 1 N–H and O–H groups in total. The largest absolute Gasteiger partial charge is 0.469 e. The molecular weight excluding hydrogens is 228 g/mol. The molecule has 4 nitrogen and oxygen atoms in total. The maximum absolute atomic E-state index is 10.9. The van der Waals surface area contributed by atoms with Crippen molar-refractivity contribution >= 4 is 17.6 Å². The molecule has 0 aliphatic heterocycles. The molecule has 1 aromatic heterocycles. The summed E-state index contributed by atoms with van der Waals surface area (Å²) in [6, 6.07) is 3.59. The second-order valence-corrected chi connectivity index (χ2v) is 3.84. The fourth-order valence-electron chi connectivity index (χ4n) is 1.26. The van der Waals surface area contributed by atoms with Crippen molar-refractivity contribution in [3.63, 3.8) is 0 Å². The second kappa shape index (κ2) is 6.45. The summed E-state index contributed by atoms with van der Waals surface area (Å²) in [5.74, 6) is -0.223. The maximum Gasteiger partial charge on any atom is 0.306 e. The predicted molar refractivity (Wildman–Crippen MR) is 62.3 cm³/mol. The second-order valence-electron chi connectivity index (χ2n) is 3.40. The average molecular weight is 243 g/mol. The number of rotatable bonds is 5. The van der Waals surface area contributed by atoms with Crippen molar-refractivity contribution < 1.29 is 9.53 Å². The first-order valence-corrected chi connectivity index (χ1v) is 5.43. The van der Waals surface area contributed by atoms with E-state index in [0.29, 0.717) is 18.0 Å². The zero-order chi connectivity index (χ0) is 12.0. The van der Waals surface area contributed by atoms with Gasteiger partial charge < -0.3 is 10.1 Å². The van der Waals surface area contributed by atoms with Gasteiger partial charge in [0.25, 0.3) is 0 Å². The highest BCUT2D eigenvalue weighted by molar-refractivity contribution is 6.30. The number of halogens is 1. The normalized spacial score (nSPS) is 12.2. The summed E-state index contributed by atoms with van der Waals surface area (Å²) in [6.07, 6.45) is 2.01. The van der Waals surface area contributed by atoms with Crippen molar-refractivity contribution in [2.24, 2.45) is 0 Å². The summed E-state index contributed by atoms with van der Waals surface area (Å²) in [7, 11) is 1.38. The number of esters is 1. The third kappa shape index (κ3) is 4.16. The standard InChI is InChI=1S/C11H15ClN2O2/c1-8(13-6-4-11(15)16-2)10-7-9(12)3-5-14-10/h3,5,7-8,13H,4,6H2,1-2H3. The number of nitrogens with one attached hydrogen (secondary N) is 1. The lowest BCUT2D eigenvalue weighted by Gasteiger charge is -2.12. The van der Waals surface area contributed by atoms with E-state index >= 15 is 0 Å². The molecule has 1 unspecified atom stereocenters. The molecule has 88 valence electrons. The molecule has 0 fully saturated rings. The molecule has 1 heterocycles. The van der Waals surface area contributed by atoms with Crippen LogP contribution in [0.25, 0.3) is 0 Å². The van der Waals surface area contributed by atoms with E-state index in [1.165, 1.54) is 7.11 Å². The topological polar surface area (TPSA) is 51.2 Å². The Morgan fingerprint density at radius 3 is 3.06 bits per heavy atom. The molecule has 0 saturated heterocycles. The van der Waals surface area contributed by atoms with Crippen molar-refractivity contribution in [1.82, 2.24) is 10.3 Å². The first kappa shape index (κ1) is 12.9. The Balaban J connectivity index is 2.40. The van der Waals surface area contributed by atoms with E-state index in [4.69, 9.17) is 11.6 Å². The van der Waals surface area contributed by atoms with Crippen molar-refractivity contribution in [2.75, 3.05) is 13.7 Å². The van der Waals surface area contributed by atoms with Crippen molar-refractivity contribution in [2.45, 2.75) is 19.4 Å². The number of nitrogens with zero attached hydrogens (tertiary/aromatic N) is 1. The van der Waals surface area contributed by atoms with Crippen LogP contribution in [-0.4, -0.2) is 24.6 Å². The first-order valence-electron chi connectivity index (χ1n) is 5.05. The molecule has 0 saturated carbocycles. The van der Waals surface area contributed by atoms with E-state index in [1.54, 1.807) is 18.3 Å². The summed E-state index contributed by atoms with van der Waals surface area (Å²) in [5, 5.41) is 3.83. The number of carbonyl (C=O) groups is 1. The lowest BCUT2D eigenvalue weighted by atomic mass is 10.2. The van der Waals surface area contributed by atoms with E-state index in [0.717, 1.165) is 5.69 Å². The van der Waals surface area contributed by atoms with Gasteiger partial charge in [-0.3, -0.25) is 9.78 Å². The van der Waals surface area contributed by atoms with Gasteiger partial charge in [0.05, 0.1) is 19.2 Å². The van der Waals surface area contributed by atoms with Gasteiger partial charge in [0.2, 0.25) is 0 Å². The van der Waals surface area contributed by atoms with Gasteiger partial charge in [0, 0.05) is 23.8 Å². The minimum absolute atomic E-state index is 0.0587. The van der Waals surface area contributed by atoms with Gasteiger partial charge in [-0.2, -0.15) is 0 Å². The van der Waals surface area contributed by atoms with Gasteiger partial charge in [-0.15, -0.1) is 0 Å². The van der Waals surface area contributed by atoms with Crippen molar-refractivity contribution in [1.29, 1.82) is 0 Å². The number of pyridine rings is 1. The van der Waals surface area contributed by atoms with Gasteiger partial charge in [-0.05, 0) is 19.1 Å². The highest BCUT2D eigenvalue weighted by Gasteiger charge is 2.07. The molecule has 1 atom stereocenters. The number of carbonyl (C=O) groups excluding carboxylic acids is 1. The van der Waals surface area contributed by atoms with Crippen LogP contribution in [0.1, 0.15) is 25.1 Å². The number of methoxy groups -OCH3 is 1. The Kier molecular flexibility index (Phi) is 5.22. The third-order valence-electron chi connectivity index (χ3n) is 2.19. The molecular formula is C11H15ClN2O2. The van der Waals surface area contributed by atoms with E-state index < -0.39 is 0 Å². The van der Waals surface area contributed by atoms with Gasteiger partial charge >= 0.3 is 5.97 Å².